The minimum Gasteiger partial charge on any atom is -0.350 e. The van der Waals surface area contributed by atoms with Gasteiger partial charge in [0.25, 0.3) is 10.0 Å². The number of carbonyl (C=O) groups excluding carboxylic acids is 2. The molecule has 3 aromatic rings. The van der Waals surface area contributed by atoms with Crippen LogP contribution in [0.25, 0.3) is 0 Å². The van der Waals surface area contributed by atoms with Crippen LogP contribution in [0.3, 0.4) is 0 Å². The summed E-state index contributed by atoms with van der Waals surface area (Å²) in [6, 6.07) is 18.9. The Hall–Kier alpha value is -3.65. The van der Waals surface area contributed by atoms with Gasteiger partial charge in [-0.2, -0.15) is 0 Å². The smallest absolute Gasteiger partial charge is 0.264 e. The predicted molar refractivity (Wildman–Crippen MR) is 161 cm³/mol. The van der Waals surface area contributed by atoms with Crippen LogP contribution < -0.4 is 9.62 Å². The zero-order chi connectivity index (χ0) is 29.8. The molecule has 1 atom stereocenters. The predicted octanol–water partition coefficient (Wildman–Crippen LogP) is 5.45. The van der Waals surface area contributed by atoms with E-state index in [0.29, 0.717) is 5.69 Å². The Morgan fingerprint density at radius 2 is 1.43 bits per heavy atom. The molecule has 0 saturated carbocycles. The Balaban J connectivity index is 2.07. The topological polar surface area (TPSA) is 86.8 Å². The second kappa shape index (κ2) is 12.3. The first-order valence-electron chi connectivity index (χ1n) is 13.4. The molecule has 0 spiro atoms. The Kier molecular flexibility index (Phi) is 9.46. The van der Waals surface area contributed by atoms with Crippen molar-refractivity contribution in [1.29, 1.82) is 0 Å². The Morgan fingerprint density at radius 1 is 0.825 bits per heavy atom. The number of hydrogen-bond donors (Lipinski definition) is 1. The highest BCUT2D eigenvalue weighted by molar-refractivity contribution is 7.92. The molecular weight excluding hydrogens is 522 g/mol. The molecule has 214 valence electrons. The summed E-state index contributed by atoms with van der Waals surface area (Å²) in [6.45, 7) is 14.6. The normalized spacial score (nSPS) is 12.5. The van der Waals surface area contributed by atoms with Crippen LogP contribution in [0.5, 0.6) is 0 Å². The summed E-state index contributed by atoms with van der Waals surface area (Å²) in [6.07, 6.45) is 0. The molecular formula is C32H41N3O4S. The summed E-state index contributed by atoms with van der Waals surface area (Å²) < 4.78 is 29.1. The van der Waals surface area contributed by atoms with Gasteiger partial charge >= 0.3 is 0 Å². The number of anilines is 1. The Bertz CT molecular complexity index is 1450. The highest BCUT2D eigenvalue weighted by Gasteiger charge is 2.33. The summed E-state index contributed by atoms with van der Waals surface area (Å²) in [7, 11) is -4.10. The number of rotatable bonds is 9. The molecule has 40 heavy (non-hydrogen) atoms. The molecule has 0 radical (unpaired) electrons. The third-order valence-corrected chi connectivity index (χ3v) is 8.27. The highest BCUT2D eigenvalue weighted by Crippen LogP contribution is 2.27. The number of amides is 2. The van der Waals surface area contributed by atoms with Gasteiger partial charge in [-0.3, -0.25) is 13.9 Å². The van der Waals surface area contributed by atoms with Crippen LogP contribution in [0.15, 0.2) is 71.6 Å². The molecule has 0 bridgehead atoms. The summed E-state index contributed by atoms with van der Waals surface area (Å²) in [5.74, 6) is -0.791. The van der Waals surface area contributed by atoms with Gasteiger partial charge in [-0.1, -0.05) is 53.6 Å². The van der Waals surface area contributed by atoms with E-state index in [1.54, 1.807) is 43.3 Å². The third-order valence-electron chi connectivity index (χ3n) is 6.48. The van der Waals surface area contributed by atoms with Crippen LogP contribution in [0.4, 0.5) is 5.69 Å². The lowest BCUT2D eigenvalue weighted by Crippen LogP contribution is -2.54. The summed E-state index contributed by atoms with van der Waals surface area (Å²) in [5, 5.41) is 2.95. The molecule has 0 unspecified atom stereocenters. The van der Waals surface area contributed by atoms with Gasteiger partial charge in [0, 0.05) is 12.1 Å². The maximum Gasteiger partial charge on any atom is 0.264 e. The molecule has 0 aliphatic carbocycles. The van der Waals surface area contributed by atoms with Crippen molar-refractivity contribution >= 4 is 27.5 Å². The molecule has 0 aliphatic rings. The zero-order valence-corrected chi connectivity index (χ0v) is 25.6. The van der Waals surface area contributed by atoms with Crippen LogP contribution in [0.2, 0.25) is 0 Å². The molecule has 3 rings (SSSR count). The molecule has 2 amide bonds. The van der Waals surface area contributed by atoms with Crippen molar-refractivity contribution in [3.8, 4) is 0 Å². The van der Waals surface area contributed by atoms with E-state index in [1.807, 2.05) is 78.8 Å². The fourth-order valence-electron chi connectivity index (χ4n) is 4.52. The van der Waals surface area contributed by atoms with Crippen LogP contribution in [-0.2, 0) is 26.2 Å². The van der Waals surface area contributed by atoms with Gasteiger partial charge in [0.2, 0.25) is 11.8 Å². The van der Waals surface area contributed by atoms with Crippen molar-refractivity contribution in [2.24, 2.45) is 0 Å². The van der Waals surface area contributed by atoms with E-state index < -0.39 is 34.1 Å². The molecule has 1 N–H and O–H groups in total. The fraction of sp³-hybridized carbons (Fsp3) is 0.375. The average Bonchev–Trinajstić information content (AvgIpc) is 2.84. The summed E-state index contributed by atoms with van der Waals surface area (Å²) in [4.78, 5) is 28.8. The maximum atomic E-state index is 14.1. The van der Waals surface area contributed by atoms with Gasteiger partial charge in [0.05, 0.1) is 10.6 Å². The van der Waals surface area contributed by atoms with E-state index in [0.717, 1.165) is 32.1 Å². The van der Waals surface area contributed by atoms with E-state index in [4.69, 9.17) is 0 Å². The number of sulfonamides is 1. The molecule has 8 heteroatoms. The zero-order valence-electron chi connectivity index (χ0n) is 24.8. The van der Waals surface area contributed by atoms with Gasteiger partial charge in [-0.05, 0) is 96.3 Å². The van der Waals surface area contributed by atoms with E-state index >= 15 is 0 Å². The second-order valence-electron chi connectivity index (χ2n) is 11.6. The van der Waals surface area contributed by atoms with Crippen LogP contribution >= 0.6 is 0 Å². The number of benzene rings is 3. The van der Waals surface area contributed by atoms with Gasteiger partial charge in [-0.25, -0.2) is 8.42 Å². The third kappa shape index (κ3) is 7.94. The van der Waals surface area contributed by atoms with Crippen LogP contribution in [0.1, 0.15) is 55.5 Å². The highest BCUT2D eigenvalue weighted by atomic mass is 32.2. The van der Waals surface area contributed by atoms with Gasteiger partial charge in [-0.15, -0.1) is 0 Å². The standard InChI is InChI=1S/C32H41N3O4S/c1-22-12-14-29(15-13-22)40(38,39)35(28-18-24(3)16-25(4)19-28)21-30(36)34(20-27-11-9-10-23(2)17-27)26(5)31(37)33-32(6,7)8/h9-19,26H,20-21H2,1-8H3,(H,33,37)/t26-/m0/s1. The first-order chi connectivity index (χ1) is 18.6. The van der Waals surface area contributed by atoms with Crippen LogP contribution in [-0.4, -0.2) is 43.3 Å². The van der Waals surface area contributed by atoms with Gasteiger partial charge in [0.1, 0.15) is 12.6 Å². The molecule has 0 heterocycles. The molecule has 0 aliphatic heterocycles. The number of carbonyl (C=O) groups is 2. The number of nitrogens with one attached hydrogen (secondary N) is 1. The number of aryl methyl sites for hydroxylation is 4. The quantitative estimate of drug-likeness (QED) is 0.375. The first kappa shape index (κ1) is 30.9. The number of nitrogens with zero attached hydrogens (tertiary/aromatic N) is 2. The summed E-state index contributed by atoms with van der Waals surface area (Å²) in [5.41, 5.74) is 4.45. The maximum absolute atomic E-state index is 14.1. The van der Waals surface area contributed by atoms with E-state index in [2.05, 4.69) is 5.32 Å². The molecule has 0 aromatic heterocycles. The van der Waals surface area contributed by atoms with Crippen molar-refractivity contribution in [2.45, 2.75) is 78.4 Å². The lowest BCUT2D eigenvalue weighted by Gasteiger charge is -2.33. The minimum absolute atomic E-state index is 0.0915. The average molecular weight is 564 g/mol. The van der Waals surface area contributed by atoms with E-state index in [9.17, 15) is 18.0 Å². The first-order valence-corrected chi connectivity index (χ1v) is 14.9. The minimum atomic E-state index is -4.10. The second-order valence-corrected chi connectivity index (χ2v) is 13.5. The van der Waals surface area contributed by atoms with Gasteiger partial charge in [0.15, 0.2) is 0 Å². The lowest BCUT2D eigenvalue weighted by atomic mass is 10.1. The largest absolute Gasteiger partial charge is 0.350 e. The van der Waals surface area contributed by atoms with Crippen molar-refractivity contribution < 1.29 is 18.0 Å². The Morgan fingerprint density at radius 3 is 1.98 bits per heavy atom. The van der Waals surface area contributed by atoms with Crippen molar-refractivity contribution in [3.63, 3.8) is 0 Å². The lowest BCUT2D eigenvalue weighted by molar-refractivity contribution is -0.140. The SMILES string of the molecule is Cc1ccc(S(=O)(=O)N(CC(=O)N(Cc2cccc(C)c2)[C@@H](C)C(=O)NC(C)(C)C)c2cc(C)cc(C)c2)cc1. The van der Waals surface area contributed by atoms with E-state index in [1.165, 1.54) is 4.90 Å². The van der Waals surface area contributed by atoms with Gasteiger partial charge < -0.3 is 10.2 Å². The molecule has 7 nitrogen and oxygen atoms in total. The van der Waals surface area contributed by atoms with Crippen molar-refractivity contribution in [2.75, 3.05) is 10.8 Å². The van der Waals surface area contributed by atoms with E-state index in [-0.39, 0.29) is 17.3 Å². The molecule has 0 fully saturated rings. The number of hydrogen-bond acceptors (Lipinski definition) is 4. The summed E-state index contributed by atoms with van der Waals surface area (Å²) >= 11 is 0. The molecule has 3 aromatic carbocycles. The fourth-order valence-corrected chi connectivity index (χ4v) is 5.92. The van der Waals surface area contributed by atoms with Crippen molar-refractivity contribution in [1.82, 2.24) is 10.2 Å². The Labute approximate surface area is 239 Å². The monoisotopic (exact) mass is 563 g/mol. The molecule has 0 saturated heterocycles. The van der Waals surface area contributed by atoms with Crippen molar-refractivity contribution in [3.05, 3.63) is 94.5 Å². The van der Waals surface area contributed by atoms with Crippen LogP contribution in [0, 0.1) is 27.7 Å².